The number of fused-ring (bicyclic) bond motifs is 1. The van der Waals surface area contributed by atoms with E-state index in [1.807, 2.05) is 36.4 Å². The van der Waals surface area contributed by atoms with E-state index in [1.165, 1.54) is 11.1 Å². The molecule has 0 spiro atoms. The van der Waals surface area contributed by atoms with Gasteiger partial charge in [0.1, 0.15) is 6.10 Å². The quantitative estimate of drug-likeness (QED) is 0.301. The number of benzene rings is 2. The van der Waals surface area contributed by atoms with E-state index in [0.717, 1.165) is 0 Å². The van der Waals surface area contributed by atoms with Crippen molar-refractivity contribution in [3.63, 3.8) is 0 Å². The number of hydrogen-bond donors (Lipinski definition) is 4. The van der Waals surface area contributed by atoms with E-state index in [1.54, 1.807) is 10.9 Å². The van der Waals surface area contributed by atoms with Crippen LogP contribution in [0.2, 0.25) is 5.28 Å². The predicted octanol–water partition coefficient (Wildman–Crippen LogP) is 3.00. The molecule has 5 rings (SSSR count). The van der Waals surface area contributed by atoms with Gasteiger partial charge in [-0.25, -0.2) is 4.98 Å². The average molecular weight is 480 g/mol. The summed E-state index contributed by atoms with van der Waals surface area (Å²) in [4.78, 5) is 13.2. The Morgan fingerprint density at radius 1 is 0.971 bits per heavy atom. The molecule has 2 aromatic heterocycles. The van der Waals surface area contributed by atoms with Gasteiger partial charge in [0.05, 0.1) is 18.5 Å². The molecule has 4 aromatic rings. The van der Waals surface area contributed by atoms with Gasteiger partial charge in [0.2, 0.25) is 5.28 Å². The van der Waals surface area contributed by atoms with Gasteiger partial charge in [-0.15, -0.1) is 0 Å². The second kappa shape index (κ2) is 9.68. The molecule has 0 radical (unpaired) electrons. The standard InChI is InChI=1S/C25H26ClN5O3/c26-25-29-23(27-12-18(15-7-3-1-4-8-15)16-9-5-2-6-10-16)20-24(30-25)31(14-28-20)19-11-17(13-32)21(33)22(19)34/h1-10,14,17-19,21-22,32-34H,11-13H2,(H,27,29,30)/t17-,19-,21-,22+/m1/s1. The first-order valence-electron chi connectivity index (χ1n) is 11.3. The third-order valence-electron chi connectivity index (χ3n) is 6.63. The molecule has 4 N–H and O–H groups in total. The fourth-order valence-corrected chi connectivity index (χ4v) is 4.97. The van der Waals surface area contributed by atoms with E-state index in [2.05, 4.69) is 44.5 Å². The second-order valence-electron chi connectivity index (χ2n) is 8.65. The van der Waals surface area contributed by atoms with Crippen molar-refractivity contribution in [3.8, 4) is 0 Å². The number of aliphatic hydroxyl groups is 3. The summed E-state index contributed by atoms with van der Waals surface area (Å²) in [5.41, 5.74) is 3.33. The molecule has 1 saturated carbocycles. The summed E-state index contributed by atoms with van der Waals surface area (Å²) < 4.78 is 1.71. The van der Waals surface area contributed by atoms with Crippen molar-refractivity contribution in [3.05, 3.63) is 83.4 Å². The Bertz CT molecular complexity index is 1210. The van der Waals surface area contributed by atoms with Crippen molar-refractivity contribution in [1.29, 1.82) is 0 Å². The molecule has 0 amide bonds. The minimum Gasteiger partial charge on any atom is -0.396 e. The summed E-state index contributed by atoms with van der Waals surface area (Å²) in [5.74, 6) is 0.160. The van der Waals surface area contributed by atoms with Crippen LogP contribution < -0.4 is 5.32 Å². The smallest absolute Gasteiger partial charge is 0.226 e. The zero-order chi connectivity index (χ0) is 23.7. The molecule has 4 atom stereocenters. The largest absolute Gasteiger partial charge is 0.396 e. The zero-order valence-electron chi connectivity index (χ0n) is 18.4. The van der Waals surface area contributed by atoms with Crippen LogP contribution in [-0.2, 0) is 0 Å². The zero-order valence-corrected chi connectivity index (χ0v) is 19.1. The number of halogens is 1. The van der Waals surface area contributed by atoms with Gasteiger partial charge in [-0.3, -0.25) is 0 Å². The number of rotatable bonds is 7. The van der Waals surface area contributed by atoms with E-state index < -0.39 is 24.2 Å². The number of hydrogen-bond acceptors (Lipinski definition) is 7. The lowest BCUT2D eigenvalue weighted by molar-refractivity contribution is -0.00370. The van der Waals surface area contributed by atoms with Gasteiger partial charge in [0.25, 0.3) is 0 Å². The average Bonchev–Trinajstić information content (AvgIpc) is 3.41. The Morgan fingerprint density at radius 3 is 2.21 bits per heavy atom. The van der Waals surface area contributed by atoms with Gasteiger partial charge < -0.3 is 25.2 Å². The monoisotopic (exact) mass is 479 g/mol. The fourth-order valence-electron chi connectivity index (χ4n) is 4.81. The predicted molar refractivity (Wildman–Crippen MR) is 130 cm³/mol. The highest BCUT2D eigenvalue weighted by Crippen LogP contribution is 2.37. The number of nitrogens with one attached hydrogen (secondary N) is 1. The van der Waals surface area contributed by atoms with Crippen molar-refractivity contribution in [1.82, 2.24) is 19.5 Å². The molecule has 176 valence electrons. The molecular formula is C25H26ClN5O3. The summed E-state index contributed by atoms with van der Waals surface area (Å²) in [7, 11) is 0. The summed E-state index contributed by atoms with van der Waals surface area (Å²) >= 11 is 6.27. The number of aromatic nitrogens is 4. The molecule has 0 unspecified atom stereocenters. The number of anilines is 1. The molecule has 34 heavy (non-hydrogen) atoms. The van der Waals surface area contributed by atoms with Crippen molar-refractivity contribution >= 4 is 28.6 Å². The summed E-state index contributed by atoms with van der Waals surface area (Å²) in [6.07, 6.45) is -0.0774. The van der Waals surface area contributed by atoms with E-state index in [0.29, 0.717) is 29.9 Å². The van der Waals surface area contributed by atoms with Crippen LogP contribution in [0, 0.1) is 5.92 Å². The summed E-state index contributed by atoms with van der Waals surface area (Å²) in [6.45, 7) is 0.352. The molecule has 2 aromatic carbocycles. The maximum atomic E-state index is 10.6. The van der Waals surface area contributed by atoms with Gasteiger partial charge in [-0.2, -0.15) is 9.97 Å². The Labute approximate surface area is 201 Å². The van der Waals surface area contributed by atoms with Gasteiger partial charge in [-0.1, -0.05) is 60.7 Å². The van der Waals surface area contributed by atoms with Gasteiger partial charge in [-0.05, 0) is 29.1 Å². The van der Waals surface area contributed by atoms with Crippen LogP contribution in [0.1, 0.15) is 29.5 Å². The highest BCUT2D eigenvalue weighted by atomic mass is 35.5. The molecular weight excluding hydrogens is 454 g/mol. The van der Waals surface area contributed by atoms with Crippen LogP contribution in [0.5, 0.6) is 0 Å². The third kappa shape index (κ3) is 4.25. The number of nitrogens with zero attached hydrogens (tertiary/aromatic N) is 4. The van der Waals surface area contributed by atoms with Crippen LogP contribution in [0.4, 0.5) is 5.82 Å². The minimum atomic E-state index is -1.04. The van der Waals surface area contributed by atoms with Crippen LogP contribution in [0.25, 0.3) is 11.2 Å². The van der Waals surface area contributed by atoms with Gasteiger partial charge in [0.15, 0.2) is 17.0 Å². The van der Waals surface area contributed by atoms with E-state index >= 15 is 0 Å². The first-order valence-corrected chi connectivity index (χ1v) is 11.7. The molecule has 8 nitrogen and oxygen atoms in total. The highest BCUT2D eigenvalue weighted by Gasteiger charge is 2.42. The first-order chi connectivity index (χ1) is 16.6. The van der Waals surface area contributed by atoms with Crippen LogP contribution in [-0.4, -0.2) is 60.2 Å². The van der Waals surface area contributed by atoms with Crippen molar-refractivity contribution in [2.75, 3.05) is 18.5 Å². The van der Waals surface area contributed by atoms with E-state index in [-0.39, 0.29) is 17.8 Å². The summed E-state index contributed by atoms with van der Waals surface area (Å²) in [6, 6.07) is 20.0. The van der Waals surface area contributed by atoms with Gasteiger partial charge in [0, 0.05) is 25.0 Å². The lowest BCUT2D eigenvalue weighted by Crippen LogP contribution is -2.30. The normalized spacial score (nSPS) is 22.5. The molecule has 1 aliphatic rings. The second-order valence-corrected chi connectivity index (χ2v) is 8.99. The van der Waals surface area contributed by atoms with E-state index in [4.69, 9.17) is 11.6 Å². The molecule has 1 fully saturated rings. The van der Waals surface area contributed by atoms with Crippen LogP contribution >= 0.6 is 11.6 Å². The van der Waals surface area contributed by atoms with Crippen molar-refractivity contribution < 1.29 is 15.3 Å². The summed E-state index contributed by atoms with van der Waals surface area (Å²) in [5, 5.41) is 33.8. The first kappa shape index (κ1) is 22.7. The lowest BCUT2D eigenvalue weighted by Gasteiger charge is -2.20. The van der Waals surface area contributed by atoms with Crippen molar-refractivity contribution in [2.24, 2.45) is 5.92 Å². The maximum absolute atomic E-state index is 10.6. The van der Waals surface area contributed by atoms with Crippen LogP contribution in [0.3, 0.4) is 0 Å². The third-order valence-corrected chi connectivity index (χ3v) is 6.80. The SMILES string of the molecule is OC[C@H]1C[C@@H](n2cnc3c(NCC(c4ccccc4)c4ccccc4)nc(Cl)nc32)[C@H](O)[C@@H]1O. The molecule has 0 aliphatic heterocycles. The topological polar surface area (TPSA) is 116 Å². The Kier molecular flexibility index (Phi) is 6.47. The number of imidazole rings is 1. The molecule has 2 heterocycles. The van der Waals surface area contributed by atoms with E-state index in [9.17, 15) is 15.3 Å². The molecule has 1 aliphatic carbocycles. The Hall–Kier alpha value is -3.04. The fraction of sp³-hybridized carbons (Fsp3) is 0.320. The van der Waals surface area contributed by atoms with Crippen LogP contribution in [0.15, 0.2) is 67.0 Å². The Morgan fingerprint density at radius 2 is 1.62 bits per heavy atom. The molecule has 0 bridgehead atoms. The van der Waals surface area contributed by atoms with Crippen molar-refractivity contribution in [2.45, 2.75) is 30.6 Å². The number of aliphatic hydroxyl groups excluding tert-OH is 3. The molecule has 0 saturated heterocycles. The van der Waals surface area contributed by atoms with Gasteiger partial charge >= 0.3 is 0 Å². The molecule has 9 heteroatoms. The maximum Gasteiger partial charge on any atom is 0.226 e. The highest BCUT2D eigenvalue weighted by molar-refractivity contribution is 6.28. The lowest BCUT2D eigenvalue weighted by atomic mass is 9.91. The Balaban J connectivity index is 1.46. The minimum absolute atomic E-state index is 0.0551.